The molecular formula is C23H22ClFN2O4S2. The topological polar surface area (TPSA) is 66.9 Å². The van der Waals surface area contributed by atoms with E-state index in [2.05, 4.69) is 0 Å². The molecule has 1 unspecified atom stereocenters. The molecule has 6 nitrogen and oxygen atoms in total. The van der Waals surface area contributed by atoms with E-state index in [1.54, 1.807) is 18.2 Å². The van der Waals surface area contributed by atoms with Crippen LogP contribution in [0.1, 0.15) is 24.0 Å². The third kappa shape index (κ3) is 3.95. The van der Waals surface area contributed by atoms with E-state index in [1.807, 2.05) is 17.9 Å². The third-order valence-corrected chi connectivity index (χ3v) is 10.4. The van der Waals surface area contributed by atoms with E-state index in [-0.39, 0.29) is 18.5 Å². The number of rotatable bonds is 4. The number of benzene rings is 2. The fourth-order valence-corrected chi connectivity index (χ4v) is 8.24. The van der Waals surface area contributed by atoms with Gasteiger partial charge in [-0.1, -0.05) is 11.6 Å². The molecular weight excluding hydrogens is 487 g/mol. The van der Waals surface area contributed by atoms with E-state index >= 15 is 0 Å². The molecule has 3 heterocycles. The lowest BCUT2D eigenvalue weighted by Crippen LogP contribution is -2.53. The third-order valence-electron chi connectivity index (χ3n) is 6.37. The number of nitrogens with zero attached hydrogens (tertiary/aromatic N) is 2. The SMILES string of the molecule is Cc1c(S(=O)(=O)N2CCC(N3c4ccc(F)cc4COC3C=O)CC2)sc2ccc(Cl)cc12. The monoisotopic (exact) mass is 508 g/mol. The minimum atomic E-state index is -3.67. The van der Waals surface area contributed by atoms with Gasteiger partial charge in [0.15, 0.2) is 12.5 Å². The van der Waals surface area contributed by atoms with Gasteiger partial charge < -0.3 is 9.64 Å². The fourth-order valence-electron chi connectivity index (χ4n) is 4.72. The number of hydrogen-bond donors (Lipinski definition) is 0. The van der Waals surface area contributed by atoms with Gasteiger partial charge in [-0.2, -0.15) is 4.31 Å². The van der Waals surface area contributed by atoms with Crippen molar-refractivity contribution in [3.05, 3.63) is 58.4 Å². The summed E-state index contributed by atoms with van der Waals surface area (Å²) < 4.78 is 49.0. The number of carbonyl (C=O) groups excluding carboxylic acids is 1. The summed E-state index contributed by atoms with van der Waals surface area (Å²) in [5.74, 6) is -0.359. The van der Waals surface area contributed by atoms with Crippen molar-refractivity contribution < 1.29 is 22.3 Å². The first-order chi connectivity index (χ1) is 15.8. The van der Waals surface area contributed by atoms with Crippen LogP contribution in [0, 0.1) is 12.7 Å². The van der Waals surface area contributed by atoms with Crippen LogP contribution in [0.15, 0.2) is 40.6 Å². The molecule has 0 saturated carbocycles. The van der Waals surface area contributed by atoms with Gasteiger partial charge in [0.2, 0.25) is 0 Å². The molecule has 0 radical (unpaired) electrons. The van der Waals surface area contributed by atoms with Crippen molar-refractivity contribution in [2.75, 3.05) is 18.0 Å². The van der Waals surface area contributed by atoms with Gasteiger partial charge in [-0.3, -0.25) is 4.79 Å². The molecule has 10 heteroatoms. The highest BCUT2D eigenvalue weighted by Gasteiger charge is 2.38. The molecule has 0 spiro atoms. The molecule has 2 aliphatic heterocycles. The first-order valence-electron chi connectivity index (χ1n) is 10.6. The van der Waals surface area contributed by atoms with E-state index < -0.39 is 16.3 Å². The number of fused-ring (bicyclic) bond motifs is 2. The number of sulfonamides is 1. The first-order valence-corrected chi connectivity index (χ1v) is 13.3. The van der Waals surface area contributed by atoms with Crippen LogP contribution < -0.4 is 4.90 Å². The predicted octanol–water partition coefficient (Wildman–Crippen LogP) is 4.72. The lowest BCUT2D eigenvalue weighted by molar-refractivity contribution is -0.120. The molecule has 1 atom stereocenters. The van der Waals surface area contributed by atoms with E-state index in [9.17, 15) is 17.6 Å². The van der Waals surface area contributed by atoms with Crippen molar-refractivity contribution in [1.82, 2.24) is 4.31 Å². The molecule has 0 aliphatic carbocycles. The number of anilines is 1. The van der Waals surface area contributed by atoms with Crippen LogP contribution in [0.5, 0.6) is 0 Å². The number of piperidine rings is 1. The zero-order valence-corrected chi connectivity index (χ0v) is 20.2. The van der Waals surface area contributed by atoms with Crippen LogP contribution in [0.25, 0.3) is 10.1 Å². The van der Waals surface area contributed by atoms with Crippen LogP contribution in [-0.4, -0.2) is 44.4 Å². The van der Waals surface area contributed by atoms with E-state index in [0.717, 1.165) is 22.1 Å². The highest BCUT2D eigenvalue weighted by Crippen LogP contribution is 2.39. The Balaban J connectivity index is 1.39. The van der Waals surface area contributed by atoms with E-state index in [0.29, 0.717) is 46.3 Å². The van der Waals surface area contributed by atoms with Crippen LogP contribution in [0.4, 0.5) is 10.1 Å². The molecule has 3 aromatic rings. The number of halogens is 2. The van der Waals surface area contributed by atoms with Gasteiger partial charge in [-0.15, -0.1) is 11.3 Å². The Hall–Kier alpha value is -2.04. The Bertz CT molecular complexity index is 1340. The molecule has 33 heavy (non-hydrogen) atoms. The van der Waals surface area contributed by atoms with Gasteiger partial charge in [-0.05, 0) is 67.1 Å². The quantitative estimate of drug-likeness (QED) is 0.477. The Morgan fingerprint density at radius 2 is 1.94 bits per heavy atom. The second-order valence-corrected chi connectivity index (χ2v) is 11.9. The van der Waals surface area contributed by atoms with E-state index in [1.165, 1.54) is 27.8 Å². The Morgan fingerprint density at radius 3 is 2.67 bits per heavy atom. The van der Waals surface area contributed by atoms with Gasteiger partial charge in [0.1, 0.15) is 10.0 Å². The van der Waals surface area contributed by atoms with Crippen LogP contribution in [0.3, 0.4) is 0 Å². The highest BCUT2D eigenvalue weighted by atomic mass is 35.5. The fraction of sp³-hybridized carbons (Fsp3) is 0.348. The number of aldehydes is 1. The molecule has 5 rings (SSSR count). The maximum atomic E-state index is 13.7. The maximum Gasteiger partial charge on any atom is 0.252 e. The summed E-state index contributed by atoms with van der Waals surface area (Å²) in [6.45, 7) is 2.61. The van der Waals surface area contributed by atoms with Gasteiger partial charge in [0.05, 0.1) is 6.61 Å². The van der Waals surface area contributed by atoms with E-state index in [4.69, 9.17) is 16.3 Å². The highest BCUT2D eigenvalue weighted by molar-refractivity contribution is 7.91. The molecule has 0 bridgehead atoms. The average Bonchev–Trinajstić information content (AvgIpc) is 3.14. The minimum Gasteiger partial charge on any atom is -0.346 e. The lowest BCUT2D eigenvalue weighted by Gasteiger charge is -2.44. The van der Waals surface area contributed by atoms with Crippen molar-refractivity contribution in [2.45, 2.75) is 42.9 Å². The molecule has 0 amide bonds. The van der Waals surface area contributed by atoms with Crippen molar-refractivity contribution in [3.8, 4) is 0 Å². The second-order valence-electron chi connectivity index (χ2n) is 8.31. The summed E-state index contributed by atoms with van der Waals surface area (Å²) in [4.78, 5) is 13.6. The summed E-state index contributed by atoms with van der Waals surface area (Å²) in [6.07, 6.45) is 1.02. The number of ether oxygens (including phenoxy) is 1. The first kappa shape index (κ1) is 22.7. The van der Waals surface area contributed by atoms with Crippen molar-refractivity contribution in [3.63, 3.8) is 0 Å². The Labute approximate surface area is 200 Å². The minimum absolute atomic E-state index is 0.0986. The standard InChI is InChI=1S/C23H22ClFN2O4S2/c1-14-19-11-16(24)2-5-21(19)32-23(14)33(29,30)26-8-6-18(7-9-26)27-20-4-3-17(25)10-15(20)13-31-22(27)12-28/h2-5,10-12,18,22H,6-9,13H2,1H3. The van der Waals surface area contributed by atoms with Crippen molar-refractivity contribution in [1.29, 1.82) is 0 Å². The molecule has 1 aromatic heterocycles. The second kappa shape index (κ2) is 8.63. The lowest BCUT2D eigenvalue weighted by atomic mass is 10.0. The molecule has 2 aromatic carbocycles. The van der Waals surface area contributed by atoms with Gasteiger partial charge in [-0.25, -0.2) is 12.8 Å². The average molecular weight is 509 g/mol. The normalized spacial score (nSPS) is 20.2. The zero-order valence-electron chi connectivity index (χ0n) is 17.8. The van der Waals surface area contributed by atoms with Gasteiger partial charge in [0, 0.05) is 40.1 Å². The molecule has 2 aliphatic rings. The van der Waals surface area contributed by atoms with Crippen molar-refractivity contribution in [2.24, 2.45) is 0 Å². The number of thiophene rings is 1. The van der Waals surface area contributed by atoms with Gasteiger partial charge in [0.25, 0.3) is 10.0 Å². The summed E-state index contributed by atoms with van der Waals surface area (Å²) in [6, 6.07) is 9.75. The number of aryl methyl sites for hydroxylation is 1. The van der Waals surface area contributed by atoms with Crippen LogP contribution in [0.2, 0.25) is 5.02 Å². The Kier molecular flexibility index (Phi) is 5.95. The summed E-state index contributed by atoms with van der Waals surface area (Å²) in [5, 5.41) is 1.42. The summed E-state index contributed by atoms with van der Waals surface area (Å²) in [5.41, 5.74) is 2.15. The summed E-state index contributed by atoms with van der Waals surface area (Å²) in [7, 11) is -3.67. The molecule has 0 N–H and O–H groups in total. The molecule has 1 fully saturated rings. The maximum absolute atomic E-state index is 13.7. The number of carbonyl (C=O) groups is 1. The molecule has 174 valence electrons. The molecule has 1 saturated heterocycles. The van der Waals surface area contributed by atoms with Crippen molar-refractivity contribution >= 4 is 55.0 Å². The largest absolute Gasteiger partial charge is 0.346 e. The van der Waals surface area contributed by atoms with Gasteiger partial charge >= 0.3 is 0 Å². The predicted molar refractivity (Wildman–Crippen MR) is 127 cm³/mol. The Morgan fingerprint density at radius 1 is 1.18 bits per heavy atom. The smallest absolute Gasteiger partial charge is 0.252 e. The zero-order chi connectivity index (χ0) is 23.3. The summed E-state index contributed by atoms with van der Waals surface area (Å²) >= 11 is 7.36. The van der Waals surface area contributed by atoms with Crippen LogP contribution >= 0.6 is 22.9 Å². The van der Waals surface area contributed by atoms with Crippen LogP contribution in [-0.2, 0) is 26.2 Å². The number of hydrogen-bond acceptors (Lipinski definition) is 6.